The van der Waals surface area contributed by atoms with Crippen molar-refractivity contribution in [2.45, 2.75) is 49.5 Å². The van der Waals surface area contributed by atoms with Gasteiger partial charge in [-0.05, 0) is 42.5 Å². The second-order valence-electron chi connectivity index (χ2n) is 6.49. The molecule has 1 aromatic heterocycles. The highest BCUT2D eigenvalue weighted by Gasteiger charge is 2.57. The van der Waals surface area contributed by atoms with Gasteiger partial charge in [-0.1, -0.05) is 25.3 Å². The highest BCUT2D eigenvalue weighted by Crippen LogP contribution is 2.55. The Balaban J connectivity index is 1.90. The Morgan fingerprint density at radius 3 is 2.70 bits per heavy atom. The molecule has 2 aliphatic rings. The van der Waals surface area contributed by atoms with Gasteiger partial charge in [0.2, 0.25) is 0 Å². The van der Waals surface area contributed by atoms with Crippen LogP contribution in [0.4, 0.5) is 0 Å². The number of hydrogen-bond donors (Lipinski definition) is 2. The van der Waals surface area contributed by atoms with Crippen molar-refractivity contribution in [3.8, 4) is 0 Å². The van der Waals surface area contributed by atoms with Gasteiger partial charge in [0, 0.05) is 17.3 Å². The van der Waals surface area contributed by atoms with Crippen molar-refractivity contribution in [2.24, 2.45) is 5.73 Å². The van der Waals surface area contributed by atoms with Gasteiger partial charge < -0.3 is 15.3 Å². The van der Waals surface area contributed by atoms with Crippen molar-refractivity contribution in [1.29, 1.82) is 0 Å². The lowest BCUT2D eigenvalue weighted by Crippen LogP contribution is -2.62. The van der Waals surface area contributed by atoms with Gasteiger partial charge in [0.25, 0.3) is 0 Å². The maximum Gasteiger partial charge on any atom is 0.134 e. The van der Waals surface area contributed by atoms with Gasteiger partial charge in [-0.2, -0.15) is 0 Å². The molecule has 4 rings (SSSR count). The Hall–Kier alpha value is -1.32. The Morgan fingerprint density at radius 2 is 1.95 bits per heavy atom. The Morgan fingerprint density at radius 1 is 1.15 bits per heavy atom. The zero-order chi connectivity index (χ0) is 13.8. The predicted molar refractivity (Wildman–Crippen MR) is 78.7 cm³/mol. The topological polar surface area (TPSA) is 59.4 Å². The predicted octanol–water partition coefficient (Wildman–Crippen LogP) is 2.88. The van der Waals surface area contributed by atoms with Crippen LogP contribution in [0.5, 0.6) is 0 Å². The summed E-state index contributed by atoms with van der Waals surface area (Å²) in [6, 6.07) is 6.17. The molecule has 0 saturated heterocycles. The molecule has 106 valence electrons. The zero-order valence-corrected chi connectivity index (χ0v) is 11.7. The Bertz CT molecular complexity index is 654. The molecule has 1 fully saturated rings. The molecule has 0 radical (unpaired) electrons. The van der Waals surface area contributed by atoms with Crippen LogP contribution in [0, 0.1) is 0 Å². The Labute approximate surface area is 118 Å². The minimum Gasteiger partial charge on any atom is -0.464 e. The first-order valence-corrected chi connectivity index (χ1v) is 7.62. The van der Waals surface area contributed by atoms with E-state index in [1.54, 1.807) is 6.26 Å². The van der Waals surface area contributed by atoms with E-state index in [0.717, 1.165) is 43.1 Å². The molecule has 1 atom stereocenters. The number of furan rings is 1. The first-order chi connectivity index (χ1) is 9.70. The van der Waals surface area contributed by atoms with Gasteiger partial charge in [0.1, 0.15) is 5.58 Å². The molecule has 3 heteroatoms. The van der Waals surface area contributed by atoms with E-state index in [1.165, 1.54) is 17.5 Å². The average Bonchev–Trinajstić information content (AvgIpc) is 2.87. The summed E-state index contributed by atoms with van der Waals surface area (Å²) < 4.78 is 5.52. The lowest BCUT2D eigenvalue weighted by molar-refractivity contribution is -0.0749. The molecule has 0 spiro atoms. The van der Waals surface area contributed by atoms with E-state index in [2.05, 4.69) is 6.07 Å². The van der Waals surface area contributed by atoms with Crippen LogP contribution >= 0.6 is 0 Å². The number of aliphatic hydroxyl groups is 1. The van der Waals surface area contributed by atoms with Crippen LogP contribution in [-0.2, 0) is 11.8 Å². The van der Waals surface area contributed by atoms with Crippen molar-refractivity contribution in [2.75, 3.05) is 6.54 Å². The quantitative estimate of drug-likeness (QED) is 0.883. The standard InChI is InChI=1S/C17H21NO2/c18-11-16(17(19)7-2-1-3-8-17)10-12-4-5-14-13(15(12)16)6-9-20-14/h4-6,9,19H,1-3,7-8,10-11,18H2. The fraction of sp³-hybridized carbons (Fsp3) is 0.529. The van der Waals surface area contributed by atoms with E-state index in [4.69, 9.17) is 10.2 Å². The molecular weight excluding hydrogens is 250 g/mol. The second-order valence-corrected chi connectivity index (χ2v) is 6.49. The average molecular weight is 271 g/mol. The minimum absolute atomic E-state index is 0.272. The molecular formula is C17H21NO2. The summed E-state index contributed by atoms with van der Waals surface area (Å²) in [6.07, 6.45) is 7.82. The molecule has 0 bridgehead atoms. The highest BCUT2D eigenvalue weighted by atomic mass is 16.3. The van der Waals surface area contributed by atoms with Crippen LogP contribution in [-0.4, -0.2) is 17.3 Å². The van der Waals surface area contributed by atoms with Crippen LogP contribution in [0.2, 0.25) is 0 Å². The molecule has 1 unspecified atom stereocenters. The van der Waals surface area contributed by atoms with E-state index in [0.29, 0.717) is 6.54 Å². The molecule has 3 N–H and O–H groups in total. The summed E-state index contributed by atoms with van der Waals surface area (Å²) in [5.74, 6) is 0. The van der Waals surface area contributed by atoms with Crippen LogP contribution in [0.1, 0.15) is 43.2 Å². The van der Waals surface area contributed by atoms with Gasteiger partial charge in [0.15, 0.2) is 0 Å². The SMILES string of the molecule is NCC1(C2(O)CCCCC2)Cc2ccc3occc3c21. The van der Waals surface area contributed by atoms with Gasteiger partial charge in [-0.3, -0.25) is 0 Å². The third-order valence-electron chi connectivity index (χ3n) is 5.61. The third kappa shape index (κ3) is 1.37. The van der Waals surface area contributed by atoms with Crippen molar-refractivity contribution in [3.63, 3.8) is 0 Å². The largest absolute Gasteiger partial charge is 0.464 e. The van der Waals surface area contributed by atoms with Gasteiger partial charge in [-0.15, -0.1) is 0 Å². The molecule has 2 aromatic rings. The van der Waals surface area contributed by atoms with Gasteiger partial charge in [-0.25, -0.2) is 0 Å². The van der Waals surface area contributed by atoms with Gasteiger partial charge in [0.05, 0.1) is 11.9 Å². The van der Waals surface area contributed by atoms with Gasteiger partial charge >= 0.3 is 0 Å². The van der Waals surface area contributed by atoms with Crippen molar-refractivity contribution in [1.82, 2.24) is 0 Å². The lowest BCUT2D eigenvalue weighted by atomic mass is 9.51. The lowest BCUT2D eigenvalue weighted by Gasteiger charge is -2.55. The molecule has 3 nitrogen and oxygen atoms in total. The van der Waals surface area contributed by atoms with Crippen molar-refractivity contribution < 1.29 is 9.52 Å². The molecule has 0 amide bonds. The molecule has 1 heterocycles. The summed E-state index contributed by atoms with van der Waals surface area (Å²) in [6.45, 7) is 0.515. The normalized spacial score (nSPS) is 28.1. The van der Waals surface area contributed by atoms with Crippen LogP contribution in [0.15, 0.2) is 28.9 Å². The molecule has 1 saturated carbocycles. The maximum absolute atomic E-state index is 11.3. The zero-order valence-electron chi connectivity index (χ0n) is 11.7. The molecule has 1 aromatic carbocycles. The second kappa shape index (κ2) is 4.09. The van der Waals surface area contributed by atoms with E-state index >= 15 is 0 Å². The fourth-order valence-electron chi connectivity index (χ4n) is 4.49. The molecule has 0 aliphatic heterocycles. The van der Waals surface area contributed by atoms with E-state index in [1.807, 2.05) is 12.1 Å². The monoisotopic (exact) mass is 271 g/mol. The smallest absolute Gasteiger partial charge is 0.134 e. The van der Waals surface area contributed by atoms with Crippen molar-refractivity contribution >= 4 is 11.0 Å². The summed E-state index contributed by atoms with van der Waals surface area (Å²) in [4.78, 5) is 0. The number of nitrogens with two attached hydrogens (primary N) is 1. The number of hydrogen-bond acceptors (Lipinski definition) is 3. The van der Waals surface area contributed by atoms with Crippen molar-refractivity contribution in [3.05, 3.63) is 35.6 Å². The number of rotatable bonds is 2. The van der Waals surface area contributed by atoms with E-state index < -0.39 is 5.60 Å². The summed E-state index contributed by atoms with van der Waals surface area (Å²) in [5, 5.41) is 12.4. The van der Waals surface area contributed by atoms with Crippen LogP contribution in [0.3, 0.4) is 0 Å². The number of benzene rings is 1. The van der Waals surface area contributed by atoms with E-state index in [-0.39, 0.29) is 5.41 Å². The fourth-order valence-corrected chi connectivity index (χ4v) is 4.49. The van der Waals surface area contributed by atoms with Crippen LogP contribution in [0.25, 0.3) is 11.0 Å². The third-order valence-corrected chi connectivity index (χ3v) is 5.61. The van der Waals surface area contributed by atoms with Crippen LogP contribution < -0.4 is 5.73 Å². The maximum atomic E-state index is 11.3. The summed E-state index contributed by atoms with van der Waals surface area (Å²) in [7, 11) is 0. The van der Waals surface area contributed by atoms with E-state index in [9.17, 15) is 5.11 Å². The summed E-state index contributed by atoms with van der Waals surface area (Å²) >= 11 is 0. The Kier molecular flexibility index (Phi) is 2.54. The molecule has 20 heavy (non-hydrogen) atoms. The minimum atomic E-state index is -0.640. The number of fused-ring (bicyclic) bond motifs is 3. The first kappa shape index (κ1) is 12.4. The first-order valence-electron chi connectivity index (χ1n) is 7.62. The summed E-state index contributed by atoms with van der Waals surface area (Å²) in [5.41, 5.74) is 8.73. The highest BCUT2D eigenvalue weighted by molar-refractivity contribution is 5.86. The molecule has 2 aliphatic carbocycles.